The van der Waals surface area contributed by atoms with E-state index in [0.29, 0.717) is 61.7 Å². The first-order valence-electron chi connectivity index (χ1n) is 13.0. The molecule has 3 N–H and O–H groups in total. The molecule has 2 atom stereocenters. The molecule has 1 aromatic carbocycles. The summed E-state index contributed by atoms with van der Waals surface area (Å²) in [5.74, 6) is 1.49. The Kier molecular flexibility index (Phi) is 9.55. The van der Waals surface area contributed by atoms with Crippen molar-refractivity contribution >= 4 is 17.7 Å². The van der Waals surface area contributed by atoms with Gasteiger partial charge in [-0.15, -0.1) is 0 Å². The van der Waals surface area contributed by atoms with Crippen molar-refractivity contribution in [3.63, 3.8) is 0 Å². The lowest BCUT2D eigenvalue weighted by Crippen LogP contribution is -2.62. The zero-order valence-corrected chi connectivity index (χ0v) is 21.7. The van der Waals surface area contributed by atoms with Gasteiger partial charge in [0.15, 0.2) is 0 Å². The van der Waals surface area contributed by atoms with Gasteiger partial charge in [-0.1, -0.05) is 27.7 Å². The van der Waals surface area contributed by atoms with Crippen LogP contribution in [0.4, 0.5) is 0 Å². The molecule has 2 unspecified atom stereocenters. The zero-order valence-electron chi connectivity index (χ0n) is 21.7. The van der Waals surface area contributed by atoms with E-state index in [-0.39, 0.29) is 17.9 Å². The second-order valence-electron chi connectivity index (χ2n) is 10.8. The first-order valence-corrected chi connectivity index (χ1v) is 13.0. The maximum absolute atomic E-state index is 13.6. The van der Waals surface area contributed by atoms with Crippen molar-refractivity contribution in [2.45, 2.75) is 65.5 Å². The molecule has 0 saturated carbocycles. The molecule has 3 amide bonds. The van der Waals surface area contributed by atoms with Crippen molar-refractivity contribution in [2.24, 2.45) is 23.5 Å². The number of rotatable bonds is 10. The highest BCUT2D eigenvalue weighted by molar-refractivity contribution is 5.92. The first-order chi connectivity index (χ1) is 16.7. The molecule has 0 aromatic heterocycles. The van der Waals surface area contributed by atoms with E-state index in [2.05, 4.69) is 33.0 Å². The van der Waals surface area contributed by atoms with Crippen molar-refractivity contribution < 1.29 is 19.1 Å². The molecule has 0 aliphatic carbocycles. The minimum Gasteiger partial charge on any atom is -0.493 e. The molecule has 3 rings (SSSR count). The van der Waals surface area contributed by atoms with Gasteiger partial charge in [0.2, 0.25) is 17.7 Å². The number of hydrogen-bond acceptors (Lipinski definition) is 5. The van der Waals surface area contributed by atoms with Gasteiger partial charge in [-0.05, 0) is 67.7 Å². The van der Waals surface area contributed by atoms with Crippen LogP contribution in [0.3, 0.4) is 0 Å². The molecule has 1 aromatic rings. The van der Waals surface area contributed by atoms with Gasteiger partial charge >= 0.3 is 0 Å². The number of hydrogen-bond donors (Lipinski definition) is 2. The molecule has 0 spiro atoms. The van der Waals surface area contributed by atoms with Crippen LogP contribution < -0.4 is 15.8 Å². The Morgan fingerprint density at radius 3 is 2.29 bits per heavy atom. The third-order valence-electron chi connectivity index (χ3n) is 6.94. The van der Waals surface area contributed by atoms with Crippen LogP contribution in [0.25, 0.3) is 0 Å². The van der Waals surface area contributed by atoms with Crippen molar-refractivity contribution in [3.05, 3.63) is 29.8 Å². The molecule has 2 heterocycles. The number of likely N-dealkylation sites (tertiary alicyclic amines) is 1. The molecule has 8 heteroatoms. The zero-order chi connectivity index (χ0) is 25.5. The highest BCUT2D eigenvalue weighted by atomic mass is 16.5. The summed E-state index contributed by atoms with van der Waals surface area (Å²) in [7, 11) is 0. The Bertz CT molecular complexity index is 862. The summed E-state index contributed by atoms with van der Waals surface area (Å²) in [5, 5.41) is 3.35. The van der Waals surface area contributed by atoms with Crippen LogP contribution in [-0.2, 0) is 9.59 Å². The second-order valence-corrected chi connectivity index (χ2v) is 10.8. The van der Waals surface area contributed by atoms with Gasteiger partial charge in [-0.25, -0.2) is 0 Å². The minimum atomic E-state index is -0.456. The summed E-state index contributed by atoms with van der Waals surface area (Å²) >= 11 is 0. The minimum absolute atomic E-state index is 0.0644. The molecule has 35 heavy (non-hydrogen) atoms. The molecule has 2 aliphatic heterocycles. The lowest BCUT2D eigenvalue weighted by atomic mass is 9.94. The number of carbonyl (C=O) groups is 3. The fraction of sp³-hybridized carbons (Fsp3) is 0.667. The van der Waals surface area contributed by atoms with Crippen molar-refractivity contribution in [1.82, 2.24) is 15.1 Å². The fourth-order valence-corrected chi connectivity index (χ4v) is 4.99. The van der Waals surface area contributed by atoms with E-state index in [1.807, 2.05) is 9.80 Å². The summed E-state index contributed by atoms with van der Waals surface area (Å²) in [5.41, 5.74) is 5.74. The van der Waals surface area contributed by atoms with Crippen LogP contribution in [0.1, 0.15) is 63.7 Å². The van der Waals surface area contributed by atoms with Crippen molar-refractivity contribution in [2.75, 3.05) is 32.8 Å². The number of primary amides is 1. The van der Waals surface area contributed by atoms with E-state index in [1.165, 1.54) is 0 Å². The van der Waals surface area contributed by atoms with Gasteiger partial charge < -0.3 is 25.6 Å². The monoisotopic (exact) mass is 486 g/mol. The SMILES string of the molecule is CC(C)CC1NCCN(C(CC(C)C)C(=O)N2CCC(COc3ccc(C(N)=O)cc3)CC2)C1=O. The number of piperazine rings is 1. The summed E-state index contributed by atoms with van der Waals surface area (Å²) in [4.78, 5) is 41.9. The maximum Gasteiger partial charge on any atom is 0.248 e. The van der Waals surface area contributed by atoms with E-state index in [1.54, 1.807) is 24.3 Å². The van der Waals surface area contributed by atoms with Crippen molar-refractivity contribution in [1.29, 1.82) is 0 Å². The number of nitrogens with one attached hydrogen (secondary N) is 1. The van der Waals surface area contributed by atoms with E-state index in [9.17, 15) is 14.4 Å². The van der Waals surface area contributed by atoms with Crippen LogP contribution in [0.15, 0.2) is 24.3 Å². The molecular weight excluding hydrogens is 444 g/mol. The average molecular weight is 487 g/mol. The second kappa shape index (κ2) is 12.4. The number of amides is 3. The van der Waals surface area contributed by atoms with Crippen LogP contribution in [0.2, 0.25) is 0 Å². The third kappa shape index (κ3) is 7.43. The van der Waals surface area contributed by atoms with Crippen LogP contribution in [0.5, 0.6) is 5.75 Å². The Morgan fingerprint density at radius 2 is 1.71 bits per heavy atom. The number of nitrogens with two attached hydrogens (primary N) is 1. The van der Waals surface area contributed by atoms with Gasteiger partial charge in [0.25, 0.3) is 0 Å². The molecule has 2 aliphatic rings. The molecule has 194 valence electrons. The predicted octanol–water partition coefficient (Wildman–Crippen LogP) is 2.66. The van der Waals surface area contributed by atoms with E-state index < -0.39 is 11.9 Å². The maximum atomic E-state index is 13.6. The molecule has 2 saturated heterocycles. The number of carbonyl (C=O) groups excluding carboxylic acids is 3. The number of benzene rings is 1. The van der Waals surface area contributed by atoms with Crippen LogP contribution >= 0.6 is 0 Å². The first kappa shape index (κ1) is 27.0. The Balaban J connectivity index is 1.56. The largest absolute Gasteiger partial charge is 0.493 e. The predicted molar refractivity (Wildman–Crippen MR) is 136 cm³/mol. The van der Waals surface area contributed by atoms with Gasteiger partial charge in [0.1, 0.15) is 11.8 Å². The van der Waals surface area contributed by atoms with Gasteiger partial charge in [0, 0.05) is 31.7 Å². The Labute approximate surface area is 209 Å². The molecule has 8 nitrogen and oxygen atoms in total. The summed E-state index contributed by atoms with van der Waals surface area (Å²) in [6, 6.07) is 6.24. The van der Waals surface area contributed by atoms with Gasteiger partial charge in [0.05, 0.1) is 12.6 Å². The van der Waals surface area contributed by atoms with E-state index in [4.69, 9.17) is 10.5 Å². The summed E-state index contributed by atoms with van der Waals surface area (Å²) in [6.07, 6.45) is 3.20. The van der Waals surface area contributed by atoms with E-state index >= 15 is 0 Å². The lowest BCUT2D eigenvalue weighted by Gasteiger charge is -2.42. The highest BCUT2D eigenvalue weighted by Gasteiger charge is 2.39. The quantitative estimate of drug-likeness (QED) is 0.529. The fourth-order valence-electron chi connectivity index (χ4n) is 4.99. The molecule has 2 fully saturated rings. The van der Waals surface area contributed by atoms with E-state index in [0.717, 1.165) is 25.8 Å². The van der Waals surface area contributed by atoms with Gasteiger partial charge in [-0.3, -0.25) is 14.4 Å². The molecule has 0 bridgehead atoms. The lowest BCUT2D eigenvalue weighted by molar-refractivity contribution is -0.150. The molecule has 0 radical (unpaired) electrons. The number of nitrogens with zero attached hydrogens (tertiary/aromatic N) is 2. The average Bonchev–Trinajstić information content (AvgIpc) is 2.82. The Hall–Kier alpha value is -2.61. The van der Waals surface area contributed by atoms with Crippen molar-refractivity contribution in [3.8, 4) is 5.75 Å². The topological polar surface area (TPSA) is 105 Å². The van der Waals surface area contributed by atoms with Gasteiger partial charge in [-0.2, -0.15) is 0 Å². The third-order valence-corrected chi connectivity index (χ3v) is 6.94. The summed E-state index contributed by atoms with van der Waals surface area (Å²) < 4.78 is 5.91. The van der Waals surface area contributed by atoms with Crippen LogP contribution in [0, 0.1) is 17.8 Å². The number of ether oxygens (including phenoxy) is 1. The standard InChI is InChI=1S/C27H42N4O4/c1-18(2)15-23-26(33)31(14-11-29-23)24(16-19(3)4)27(34)30-12-9-20(10-13-30)17-35-22-7-5-21(6-8-22)25(28)32/h5-8,18-20,23-24,29H,9-17H2,1-4H3,(H2,28,32). The molecular formula is C27H42N4O4. The Morgan fingerprint density at radius 1 is 1.06 bits per heavy atom. The summed E-state index contributed by atoms with van der Waals surface area (Å²) in [6.45, 7) is 11.7. The smallest absolute Gasteiger partial charge is 0.248 e. The number of piperidine rings is 1. The normalized spacial score (nSPS) is 20.4. The highest BCUT2D eigenvalue weighted by Crippen LogP contribution is 2.24. The van der Waals surface area contributed by atoms with Crippen LogP contribution in [-0.4, -0.2) is 72.4 Å².